The van der Waals surface area contributed by atoms with Gasteiger partial charge in [-0.1, -0.05) is 41.9 Å². The van der Waals surface area contributed by atoms with Crippen molar-refractivity contribution in [3.8, 4) is 28.5 Å². The van der Waals surface area contributed by atoms with Crippen LogP contribution in [0.2, 0.25) is 5.02 Å². The standard InChI is InChI=1S/C29H26ClN3O4/c1-35-24-14-18(15-25(36-2)28(24)37-3)26-27-21(20-6-4-5-7-22(20)32-27)16-23(33-26)29(34)31-13-12-17-8-10-19(30)11-9-17/h4-11,14-16,32H,12-13H2,1-3H3,(H,31,34). The molecular weight excluding hydrogens is 490 g/mol. The largest absolute Gasteiger partial charge is 0.493 e. The average Bonchev–Trinajstić information content (AvgIpc) is 3.31. The molecule has 0 aliphatic carbocycles. The summed E-state index contributed by atoms with van der Waals surface area (Å²) in [7, 11) is 4.69. The maximum absolute atomic E-state index is 13.2. The second-order valence-corrected chi connectivity index (χ2v) is 8.93. The molecule has 8 heteroatoms. The van der Waals surface area contributed by atoms with Crippen LogP contribution in [0.25, 0.3) is 33.1 Å². The van der Waals surface area contributed by atoms with Crippen molar-refractivity contribution in [3.05, 3.63) is 83.0 Å². The van der Waals surface area contributed by atoms with E-state index in [4.69, 9.17) is 30.8 Å². The number of nitrogens with one attached hydrogen (secondary N) is 2. The maximum Gasteiger partial charge on any atom is 0.269 e. The first-order chi connectivity index (χ1) is 18.0. The average molecular weight is 516 g/mol. The zero-order valence-corrected chi connectivity index (χ0v) is 21.5. The third-order valence-corrected chi connectivity index (χ3v) is 6.53. The number of pyridine rings is 1. The molecule has 0 saturated carbocycles. The lowest BCUT2D eigenvalue weighted by Gasteiger charge is -2.15. The molecule has 0 radical (unpaired) electrons. The highest BCUT2D eigenvalue weighted by Gasteiger charge is 2.20. The third kappa shape index (κ3) is 4.78. The predicted octanol–water partition coefficient (Wildman–Crippen LogP) is 6.03. The van der Waals surface area contributed by atoms with E-state index in [-0.39, 0.29) is 5.91 Å². The number of benzene rings is 3. The third-order valence-electron chi connectivity index (χ3n) is 6.28. The van der Waals surface area contributed by atoms with Crippen LogP contribution in [0.15, 0.2) is 66.7 Å². The van der Waals surface area contributed by atoms with Gasteiger partial charge in [-0.3, -0.25) is 4.79 Å². The lowest BCUT2D eigenvalue weighted by Crippen LogP contribution is -2.26. The first kappa shape index (κ1) is 24.5. The minimum absolute atomic E-state index is 0.255. The van der Waals surface area contributed by atoms with Crippen LogP contribution in [-0.2, 0) is 6.42 Å². The molecule has 1 amide bonds. The van der Waals surface area contributed by atoms with Crippen molar-refractivity contribution in [2.24, 2.45) is 0 Å². The van der Waals surface area contributed by atoms with Gasteiger partial charge in [0.05, 0.1) is 32.5 Å². The van der Waals surface area contributed by atoms with Gasteiger partial charge < -0.3 is 24.5 Å². The Balaban J connectivity index is 1.58. The highest BCUT2D eigenvalue weighted by atomic mass is 35.5. The highest BCUT2D eigenvalue weighted by molar-refractivity contribution is 6.30. The van der Waals surface area contributed by atoms with Crippen molar-refractivity contribution in [2.45, 2.75) is 6.42 Å². The summed E-state index contributed by atoms with van der Waals surface area (Å²) in [5.74, 6) is 1.23. The molecule has 0 atom stereocenters. The van der Waals surface area contributed by atoms with Gasteiger partial charge in [0.15, 0.2) is 11.5 Å². The van der Waals surface area contributed by atoms with E-state index in [1.54, 1.807) is 21.3 Å². The Kier molecular flexibility index (Phi) is 6.88. The Hall–Kier alpha value is -4.23. The van der Waals surface area contributed by atoms with E-state index in [1.165, 1.54) is 0 Å². The van der Waals surface area contributed by atoms with Gasteiger partial charge in [0, 0.05) is 33.4 Å². The highest BCUT2D eigenvalue weighted by Crippen LogP contribution is 2.42. The quantitative estimate of drug-likeness (QED) is 0.263. The van der Waals surface area contributed by atoms with Crippen molar-refractivity contribution in [1.29, 1.82) is 0 Å². The number of hydrogen-bond donors (Lipinski definition) is 2. The van der Waals surface area contributed by atoms with Crippen LogP contribution in [0.5, 0.6) is 17.2 Å². The summed E-state index contributed by atoms with van der Waals surface area (Å²) in [4.78, 5) is 21.5. The van der Waals surface area contributed by atoms with Crippen LogP contribution < -0.4 is 19.5 Å². The van der Waals surface area contributed by atoms with Gasteiger partial charge in [-0.05, 0) is 48.4 Å². The van der Waals surface area contributed by atoms with Crippen molar-refractivity contribution in [2.75, 3.05) is 27.9 Å². The van der Waals surface area contributed by atoms with Gasteiger partial charge in [-0.25, -0.2) is 4.98 Å². The number of carbonyl (C=O) groups is 1. The fourth-order valence-corrected chi connectivity index (χ4v) is 4.58. The van der Waals surface area contributed by atoms with Crippen LogP contribution in [0.4, 0.5) is 0 Å². The first-order valence-electron chi connectivity index (χ1n) is 11.8. The Morgan fingerprint density at radius 1 is 0.919 bits per heavy atom. The van der Waals surface area contributed by atoms with Crippen LogP contribution in [0.3, 0.4) is 0 Å². The molecule has 0 spiro atoms. The molecule has 188 valence electrons. The van der Waals surface area contributed by atoms with E-state index >= 15 is 0 Å². The molecule has 37 heavy (non-hydrogen) atoms. The zero-order valence-electron chi connectivity index (χ0n) is 20.7. The fourth-order valence-electron chi connectivity index (χ4n) is 4.45. The molecule has 5 rings (SSSR count). The molecule has 5 aromatic rings. The van der Waals surface area contributed by atoms with Gasteiger partial charge in [0.25, 0.3) is 5.91 Å². The summed E-state index contributed by atoms with van der Waals surface area (Å²) in [6.07, 6.45) is 0.679. The second-order valence-electron chi connectivity index (χ2n) is 8.50. The van der Waals surface area contributed by atoms with E-state index in [2.05, 4.69) is 10.3 Å². The monoisotopic (exact) mass is 515 g/mol. The van der Waals surface area contributed by atoms with E-state index in [1.807, 2.05) is 66.7 Å². The number of rotatable bonds is 8. The lowest BCUT2D eigenvalue weighted by atomic mass is 10.0. The molecule has 0 aliphatic rings. The topological polar surface area (TPSA) is 85.5 Å². The van der Waals surface area contributed by atoms with Crippen LogP contribution >= 0.6 is 11.6 Å². The van der Waals surface area contributed by atoms with Gasteiger partial charge >= 0.3 is 0 Å². The van der Waals surface area contributed by atoms with Crippen molar-refractivity contribution < 1.29 is 19.0 Å². The first-order valence-corrected chi connectivity index (χ1v) is 12.1. The number of fused-ring (bicyclic) bond motifs is 3. The summed E-state index contributed by atoms with van der Waals surface area (Å²) in [5, 5.41) is 5.58. The zero-order chi connectivity index (χ0) is 25.9. The van der Waals surface area contributed by atoms with Gasteiger partial charge in [-0.15, -0.1) is 0 Å². The number of aromatic amines is 1. The number of H-pyrrole nitrogens is 1. The minimum Gasteiger partial charge on any atom is -0.493 e. The summed E-state index contributed by atoms with van der Waals surface area (Å²) in [5.41, 5.74) is 4.50. The predicted molar refractivity (Wildman–Crippen MR) is 146 cm³/mol. The molecule has 0 unspecified atom stereocenters. The number of hydrogen-bond acceptors (Lipinski definition) is 5. The van der Waals surface area contributed by atoms with Gasteiger partial charge in [-0.2, -0.15) is 0 Å². The normalized spacial score (nSPS) is 11.0. The molecule has 2 N–H and O–H groups in total. The lowest BCUT2D eigenvalue weighted by molar-refractivity contribution is 0.0949. The number of ether oxygens (including phenoxy) is 3. The Labute approximate surface area is 219 Å². The fraction of sp³-hybridized carbons (Fsp3) is 0.172. The van der Waals surface area contributed by atoms with E-state index in [0.717, 1.165) is 32.9 Å². The van der Waals surface area contributed by atoms with E-state index < -0.39 is 0 Å². The molecule has 7 nitrogen and oxygen atoms in total. The number of nitrogens with zero attached hydrogens (tertiary/aromatic N) is 1. The summed E-state index contributed by atoms with van der Waals surface area (Å²) in [6.45, 7) is 0.466. The van der Waals surface area contributed by atoms with E-state index in [0.29, 0.717) is 46.6 Å². The molecular formula is C29H26ClN3O4. The number of halogens is 1. The molecule has 0 bridgehead atoms. The molecule has 0 aliphatic heterocycles. The maximum atomic E-state index is 13.2. The molecule has 0 saturated heterocycles. The Morgan fingerprint density at radius 3 is 2.30 bits per heavy atom. The van der Waals surface area contributed by atoms with E-state index in [9.17, 15) is 4.79 Å². The number of methoxy groups -OCH3 is 3. The van der Waals surface area contributed by atoms with Crippen LogP contribution in [0, 0.1) is 0 Å². The minimum atomic E-state index is -0.255. The van der Waals surface area contributed by atoms with Crippen LogP contribution in [0.1, 0.15) is 16.1 Å². The van der Waals surface area contributed by atoms with Crippen LogP contribution in [-0.4, -0.2) is 43.7 Å². The van der Waals surface area contributed by atoms with Gasteiger partial charge in [0.2, 0.25) is 5.75 Å². The smallest absolute Gasteiger partial charge is 0.269 e. The second kappa shape index (κ2) is 10.4. The summed E-state index contributed by atoms with van der Waals surface area (Å²) in [6, 6.07) is 21.0. The van der Waals surface area contributed by atoms with Gasteiger partial charge in [0.1, 0.15) is 5.69 Å². The summed E-state index contributed by atoms with van der Waals surface area (Å²) >= 11 is 5.97. The summed E-state index contributed by atoms with van der Waals surface area (Å²) < 4.78 is 16.6. The number of aromatic nitrogens is 2. The molecule has 2 aromatic heterocycles. The molecule has 2 heterocycles. The number of amides is 1. The van der Waals surface area contributed by atoms with Crippen molar-refractivity contribution in [1.82, 2.24) is 15.3 Å². The SMILES string of the molecule is COc1cc(-c2nc(C(=O)NCCc3ccc(Cl)cc3)cc3c2[nH]c2ccccc23)cc(OC)c1OC. The number of carbonyl (C=O) groups excluding carboxylic acids is 1. The van der Waals surface area contributed by atoms with Crippen molar-refractivity contribution >= 4 is 39.3 Å². The molecule has 3 aromatic carbocycles. The Bertz CT molecular complexity index is 1570. The Morgan fingerprint density at radius 2 is 1.62 bits per heavy atom. The number of para-hydroxylation sites is 1. The van der Waals surface area contributed by atoms with Crippen molar-refractivity contribution in [3.63, 3.8) is 0 Å². The molecule has 0 fully saturated rings.